The highest BCUT2D eigenvalue weighted by molar-refractivity contribution is 7.89. The van der Waals surface area contributed by atoms with Crippen LogP contribution in [0.25, 0.3) is 11.1 Å². The average molecular weight is 426 g/mol. The third kappa shape index (κ3) is 5.74. The summed E-state index contributed by atoms with van der Waals surface area (Å²) in [7, 11) is -3.60. The van der Waals surface area contributed by atoms with Crippen LogP contribution in [0, 0.1) is 6.92 Å². The van der Waals surface area contributed by atoms with Crippen LogP contribution in [0.15, 0.2) is 42.9 Å². The molecule has 0 aliphatic heterocycles. The van der Waals surface area contributed by atoms with Crippen molar-refractivity contribution in [2.45, 2.75) is 19.6 Å². The SMILES string of the molecule is Cc1cc(Nc2nccc(C(F)(F)F)n2)cc(-c2cnn(CCS(N)(=O)=O)c2)c1. The number of nitrogens with zero attached hydrogens (tertiary/aromatic N) is 4. The number of anilines is 2. The van der Waals surface area contributed by atoms with Crippen LogP contribution in [0.2, 0.25) is 0 Å². The first-order valence-corrected chi connectivity index (χ1v) is 10.0. The van der Waals surface area contributed by atoms with Crippen molar-refractivity contribution in [3.63, 3.8) is 0 Å². The molecule has 154 valence electrons. The maximum atomic E-state index is 12.8. The summed E-state index contributed by atoms with van der Waals surface area (Å²) in [5.74, 6) is -0.429. The Morgan fingerprint density at radius 3 is 2.66 bits per heavy atom. The highest BCUT2D eigenvalue weighted by Gasteiger charge is 2.32. The molecule has 0 saturated carbocycles. The highest BCUT2D eigenvalue weighted by atomic mass is 32.2. The van der Waals surface area contributed by atoms with E-state index in [9.17, 15) is 21.6 Å². The fourth-order valence-corrected chi connectivity index (χ4v) is 3.03. The number of nitrogens with two attached hydrogens (primary N) is 1. The minimum atomic E-state index is -4.57. The topological polar surface area (TPSA) is 116 Å². The summed E-state index contributed by atoms with van der Waals surface area (Å²) < 4.78 is 62.1. The van der Waals surface area contributed by atoms with Gasteiger partial charge in [0.1, 0.15) is 5.69 Å². The molecule has 3 aromatic rings. The van der Waals surface area contributed by atoms with E-state index < -0.39 is 21.9 Å². The van der Waals surface area contributed by atoms with E-state index in [-0.39, 0.29) is 18.2 Å². The number of sulfonamides is 1. The van der Waals surface area contributed by atoms with E-state index in [0.717, 1.165) is 23.4 Å². The van der Waals surface area contributed by atoms with E-state index in [1.54, 1.807) is 24.5 Å². The summed E-state index contributed by atoms with van der Waals surface area (Å²) in [6.07, 6.45) is -0.319. The molecule has 0 saturated heterocycles. The molecule has 0 aliphatic carbocycles. The molecule has 0 spiro atoms. The Morgan fingerprint density at radius 1 is 1.21 bits per heavy atom. The maximum Gasteiger partial charge on any atom is 0.433 e. The number of halogens is 3. The molecule has 0 radical (unpaired) electrons. The van der Waals surface area contributed by atoms with Crippen molar-refractivity contribution in [2.24, 2.45) is 5.14 Å². The van der Waals surface area contributed by atoms with Gasteiger partial charge in [0, 0.05) is 23.6 Å². The van der Waals surface area contributed by atoms with Gasteiger partial charge in [-0.25, -0.2) is 23.5 Å². The second-order valence-electron chi connectivity index (χ2n) is 6.34. The van der Waals surface area contributed by atoms with Gasteiger partial charge in [0.15, 0.2) is 0 Å². The van der Waals surface area contributed by atoms with Crippen LogP contribution in [0.4, 0.5) is 24.8 Å². The summed E-state index contributed by atoms with van der Waals surface area (Å²) >= 11 is 0. The third-order valence-electron chi connectivity index (χ3n) is 3.85. The predicted molar refractivity (Wildman–Crippen MR) is 101 cm³/mol. The number of alkyl halides is 3. The molecule has 2 aromatic heterocycles. The molecule has 0 fully saturated rings. The van der Waals surface area contributed by atoms with Gasteiger partial charge < -0.3 is 5.32 Å². The van der Waals surface area contributed by atoms with Crippen LogP contribution in [0.3, 0.4) is 0 Å². The molecule has 12 heteroatoms. The molecular formula is C17H17F3N6O2S. The van der Waals surface area contributed by atoms with Gasteiger partial charge in [-0.2, -0.15) is 18.3 Å². The first-order valence-electron chi connectivity index (χ1n) is 8.32. The number of nitrogens with one attached hydrogen (secondary N) is 1. The maximum absolute atomic E-state index is 12.8. The molecule has 3 N–H and O–H groups in total. The van der Waals surface area contributed by atoms with E-state index in [2.05, 4.69) is 20.4 Å². The van der Waals surface area contributed by atoms with E-state index in [1.807, 2.05) is 13.0 Å². The van der Waals surface area contributed by atoms with Crippen LogP contribution < -0.4 is 10.5 Å². The zero-order valence-corrected chi connectivity index (χ0v) is 16.0. The third-order valence-corrected chi connectivity index (χ3v) is 4.60. The first-order chi connectivity index (χ1) is 13.5. The van der Waals surface area contributed by atoms with Gasteiger partial charge in [-0.05, 0) is 36.2 Å². The lowest BCUT2D eigenvalue weighted by atomic mass is 10.1. The Labute approximate surface area is 164 Å². The molecular weight excluding hydrogens is 409 g/mol. The highest BCUT2D eigenvalue weighted by Crippen LogP contribution is 2.29. The Balaban J connectivity index is 1.83. The fraction of sp³-hybridized carbons (Fsp3) is 0.235. The Bertz CT molecular complexity index is 1130. The lowest BCUT2D eigenvalue weighted by Gasteiger charge is -2.10. The number of aromatic nitrogens is 4. The zero-order chi connectivity index (χ0) is 21.2. The van der Waals surface area contributed by atoms with Gasteiger partial charge in [-0.1, -0.05) is 6.07 Å². The van der Waals surface area contributed by atoms with E-state index >= 15 is 0 Å². The van der Waals surface area contributed by atoms with Crippen LogP contribution in [0.5, 0.6) is 0 Å². The second kappa shape index (κ2) is 7.79. The smallest absolute Gasteiger partial charge is 0.324 e. The summed E-state index contributed by atoms with van der Waals surface area (Å²) in [5.41, 5.74) is 1.74. The van der Waals surface area contributed by atoms with Gasteiger partial charge in [-0.15, -0.1) is 0 Å². The van der Waals surface area contributed by atoms with Crippen molar-refractivity contribution in [1.29, 1.82) is 0 Å². The van der Waals surface area contributed by atoms with E-state index in [1.165, 1.54) is 4.68 Å². The normalized spacial score (nSPS) is 12.2. The molecule has 8 nitrogen and oxygen atoms in total. The van der Waals surface area contributed by atoms with Gasteiger partial charge in [0.05, 0.1) is 18.5 Å². The zero-order valence-electron chi connectivity index (χ0n) is 15.2. The second-order valence-corrected chi connectivity index (χ2v) is 8.07. The van der Waals surface area contributed by atoms with Crippen molar-refractivity contribution < 1.29 is 21.6 Å². The fourth-order valence-electron chi connectivity index (χ4n) is 2.58. The van der Waals surface area contributed by atoms with Crippen molar-refractivity contribution in [2.75, 3.05) is 11.1 Å². The number of hydrogen-bond acceptors (Lipinski definition) is 6. The Hall–Kier alpha value is -2.99. The largest absolute Gasteiger partial charge is 0.433 e. The first kappa shape index (κ1) is 20.7. The van der Waals surface area contributed by atoms with Gasteiger partial charge in [0.25, 0.3) is 0 Å². The molecule has 0 unspecified atom stereocenters. The lowest BCUT2D eigenvalue weighted by molar-refractivity contribution is -0.141. The summed E-state index contributed by atoms with van der Waals surface area (Å²) in [6, 6.07) is 6.10. The predicted octanol–water partition coefficient (Wildman–Crippen LogP) is 2.70. The number of benzene rings is 1. The molecule has 0 amide bonds. The standard InChI is InChI=1S/C17H17F3N6O2S/c1-11-6-12(13-9-23-26(10-13)4-5-29(21,27)28)8-14(7-11)24-16-22-3-2-15(25-16)17(18,19)20/h2-3,6-10H,4-5H2,1H3,(H2,21,27,28)(H,22,24,25). The van der Waals surface area contributed by atoms with Gasteiger partial charge in [0.2, 0.25) is 16.0 Å². The lowest BCUT2D eigenvalue weighted by Crippen LogP contribution is -2.20. The van der Waals surface area contributed by atoms with Gasteiger partial charge in [-0.3, -0.25) is 4.68 Å². The molecule has 0 aliphatic rings. The Morgan fingerprint density at radius 2 is 1.97 bits per heavy atom. The molecule has 1 aromatic carbocycles. The molecule has 3 rings (SSSR count). The molecule has 0 atom stereocenters. The number of hydrogen-bond donors (Lipinski definition) is 2. The monoisotopic (exact) mass is 426 g/mol. The molecule has 2 heterocycles. The molecule has 29 heavy (non-hydrogen) atoms. The minimum absolute atomic E-state index is 0.105. The average Bonchev–Trinajstić information content (AvgIpc) is 3.08. The van der Waals surface area contributed by atoms with Crippen molar-refractivity contribution in [3.8, 4) is 11.1 Å². The summed E-state index contributed by atoms with van der Waals surface area (Å²) in [5, 5.41) is 11.9. The molecule has 0 bridgehead atoms. The van der Waals surface area contributed by atoms with Crippen molar-refractivity contribution >= 4 is 21.7 Å². The van der Waals surface area contributed by atoms with Gasteiger partial charge >= 0.3 is 6.18 Å². The Kier molecular flexibility index (Phi) is 5.57. The minimum Gasteiger partial charge on any atom is -0.324 e. The summed E-state index contributed by atoms with van der Waals surface area (Å²) in [6.45, 7) is 1.93. The van der Waals surface area contributed by atoms with Crippen LogP contribution >= 0.6 is 0 Å². The summed E-state index contributed by atoms with van der Waals surface area (Å²) in [4.78, 5) is 7.31. The van der Waals surface area contributed by atoms with Crippen LogP contribution in [-0.4, -0.2) is 33.9 Å². The van der Waals surface area contributed by atoms with E-state index in [0.29, 0.717) is 11.3 Å². The number of primary sulfonamides is 1. The van der Waals surface area contributed by atoms with E-state index in [4.69, 9.17) is 5.14 Å². The number of aryl methyl sites for hydroxylation is 2. The van der Waals surface area contributed by atoms with Crippen molar-refractivity contribution in [3.05, 3.63) is 54.1 Å². The van der Waals surface area contributed by atoms with Crippen LogP contribution in [0.1, 0.15) is 11.3 Å². The quantitative estimate of drug-likeness (QED) is 0.626. The number of rotatable bonds is 6. The van der Waals surface area contributed by atoms with Crippen molar-refractivity contribution in [1.82, 2.24) is 19.7 Å². The van der Waals surface area contributed by atoms with Crippen LogP contribution in [-0.2, 0) is 22.7 Å².